The van der Waals surface area contributed by atoms with Gasteiger partial charge in [0.2, 0.25) is 0 Å². The van der Waals surface area contributed by atoms with E-state index in [4.69, 9.17) is 4.74 Å². The number of ether oxygens (including phenoxy) is 1. The molecule has 1 heterocycles. The average Bonchev–Trinajstić information content (AvgIpc) is 2.76. The molecule has 1 aromatic heterocycles. The van der Waals surface area contributed by atoms with Crippen molar-refractivity contribution in [1.29, 1.82) is 0 Å². The second-order valence-corrected chi connectivity index (χ2v) is 7.32. The lowest BCUT2D eigenvalue weighted by Gasteiger charge is -2.27. The summed E-state index contributed by atoms with van der Waals surface area (Å²) in [6.45, 7) is 9.58. The zero-order chi connectivity index (χ0) is 15.3. The highest BCUT2D eigenvalue weighted by Gasteiger charge is 2.26. The summed E-state index contributed by atoms with van der Waals surface area (Å²) in [5.74, 6) is 0.365. The van der Waals surface area contributed by atoms with Crippen LogP contribution in [-0.2, 0) is 4.74 Å². The monoisotopic (exact) mass is 299 g/mol. The molecule has 2 atom stereocenters. The molecule has 4 nitrogen and oxygen atoms in total. The number of aliphatic hydroxyl groups is 1. The Balaban J connectivity index is 2.72. The molecule has 5 heteroatoms. The summed E-state index contributed by atoms with van der Waals surface area (Å²) in [6.07, 6.45) is -0.498. The Morgan fingerprint density at radius 1 is 1.45 bits per heavy atom. The number of carbonyl (C=O) groups excluding carboxylic acids is 1. The van der Waals surface area contributed by atoms with Gasteiger partial charge in [-0.1, -0.05) is 19.9 Å². The van der Waals surface area contributed by atoms with Gasteiger partial charge in [-0.2, -0.15) is 0 Å². The van der Waals surface area contributed by atoms with Crippen LogP contribution in [0.1, 0.15) is 52.0 Å². The van der Waals surface area contributed by atoms with Crippen LogP contribution in [0.3, 0.4) is 0 Å². The lowest BCUT2D eigenvalue weighted by atomic mass is 9.98. The lowest BCUT2D eigenvalue weighted by Crippen LogP contribution is -2.42. The van der Waals surface area contributed by atoms with E-state index in [9.17, 15) is 9.90 Å². The van der Waals surface area contributed by atoms with Crippen molar-refractivity contribution in [1.82, 2.24) is 5.32 Å². The van der Waals surface area contributed by atoms with E-state index in [1.165, 1.54) is 11.3 Å². The number of hydrogen-bond acceptors (Lipinski definition) is 4. The molecule has 0 saturated heterocycles. The van der Waals surface area contributed by atoms with Gasteiger partial charge in [0.1, 0.15) is 11.7 Å². The number of rotatable bonds is 5. The molecule has 0 unspecified atom stereocenters. The number of alkyl carbamates (subject to hydrolysis) is 1. The third kappa shape index (κ3) is 5.92. The van der Waals surface area contributed by atoms with Crippen molar-refractivity contribution in [3.8, 4) is 0 Å². The number of aliphatic hydroxyl groups excluding tert-OH is 1. The van der Waals surface area contributed by atoms with Crippen molar-refractivity contribution >= 4 is 17.4 Å². The maximum Gasteiger partial charge on any atom is 0.407 e. The minimum atomic E-state index is -0.704. The third-order valence-electron chi connectivity index (χ3n) is 2.64. The fourth-order valence-corrected chi connectivity index (χ4v) is 2.67. The summed E-state index contributed by atoms with van der Waals surface area (Å²) < 4.78 is 5.26. The maximum atomic E-state index is 11.9. The first-order valence-electron chi connectivity index (χ1n) is 6.90. The molecular formula is C15H25NO3S. The van der Waals surface area contributed by atoms with Crippen LogP contribution in [0.2, 0.25) is 0 Å². The van der Waals surface area contributed by atoms with Gasteiger partial charge in [0.15, 0.2) is 0 Å². The maximum absolute atomic E-state index is 11.9. The Morgan fingerprint density at radius 3 is 2.55 bits per heavy atom. The molecule has 2 N–H and O–H groups in total. The van der Waals surface area contributed by atoms with Crippen LogP contribution >= 0.6 is 11.3 Å². The minimum Gasteiger partial charge on any atom is -0.444 e. The summed E-state index contributed by atoms with van der Waals surface area (Å²) in [6, 6.07) is 3.42. The highest BCUT2D eigenvalue weighted by atomic mass is 32.1. The van der Waals surface area contributed by atoms with Gasteiger partial charge in [-0.3, -0.25) is 0 Å². The lowest BCUT2D eigenvalue weighted by molar-refractivity contribution is 0.0406. The molecule has 0 aromatic carbocycles. The smallest absolute Gasteiger partial charge is 0.407 e. The van der Waals surface area contributed by atoms with Crippen molar-refractivity contribution in [2.75, 3.05) is 0 Å². The molecular weight excluding hydrogens is 274 g/mol. The molecule has 0 saturated carbocycles. The van der Waals surface area contributed by atoms with Gasteiger partial charge in [0.05, 0.1) is 6.04 Å². The Labute approximate surface area is 125 Å². The van der Waals surface area contributed by atoms with Crippen molar-refractivity contribution in [3.63, 3.8) is 0 Å². The number of thiophene rings is 1. The first kappa shape index (κ1) is 17.0. The summed E-state index contributed by atoms with van der Waals surface area (Å²) >= 11 is 1.48. The Bertz CT molecular complexity index is 409. The Kier molecular flexibility index (Phi) is 6.02. The SMILES string of the molecule is CC(C)C[C@@H](NC(=O)OC(C)(C)C)[C@H](O)c1cccs1. The van der Waals surface area contributed by atoms with Crippen LogP contribution in [0.25, 0.3) is 0 Å². The van der Waals surface area contributed by atoms with Crippen LogP contribution in [0.4, 0.5) is 4.79 Å². The summed E-state index contributed by atoms with van der Waals surface area (Å²) in [4.78, 5) is 12.7. The van der Waals surface area contributed by atoms with Crippen LogP contribution < -0.4 is 5.32 Å². The van der Waals surface area contributed by atoms with Crippen LogP contribution in [0.15, 0.2) is 17.5 Å². The van der Waals surface area contributed by atoms with E-state index in [1.807, 2.05) is 38.3 Å². The molecule has 1 aromatic rings. The average molecular weight is 299 g/mol. The Hall–Kier alpha value is -1.07. The third-order valence-corrected chi connectivity index (χ3v) is 3.59. The van der Waals surface area contributed by atoms with Crippen LogP contribution in [-0.4, -0.2) is 22.8 Å². The second-order valence-electron chi connectivity index (χ2n) is 6.34. The van der Waals surface area contributed by atoms with E-state index in [2.05, 4.69) is 19.2 Å². The predicted octanol–water partition coefficient (Wildman–Crippen LogP) is 3.72. The molecule has 0 aliphatic heterocycles. The van der Waals surface area contributed by atoms with Gasteiger partial charge in [-0.25, -0.2) is 4.79 Å². The van der Waals surface area contributed by atoms with Gasteiger partial charge < -0.3 is 15.2 Å². The number of nitrogens with one attached hydrogen (secondary N) is 1. The van der Waals surface area contributed by atoms with Crippen molar-refractivity contribution < 1.29 is 14.6 Å². The second kappa shape index (κ2) is 7.09. The minimum absolute atomic E-state index is 0.344. The quantitative estimate of drug-likeness (QED) is 0.871. The van der Waals surface area contributed by atoms with E-state index in [0.29, 0.717) is 12.3 Å². The largest absolute Gasteiger partial charge is 0.444 e. The predicted molar refractivity (Wildman–Crippen MR) is 81.9 cm³/mol. The van der Waals surface area contributed by atoms with E-state index in [1.54, 1.807) is 0 Å². The Morgan fingerprint density at radius 2 is 2.10 bits per heavy atom. The number of hydrogen-bond donors (Lipinski definition) is 2. The van der Waals surface area contributed by atoms with E-state index in [-0.39, 0.29) is 6.04 Å². The van der Waals surface area contributed by atoms with E-state index >= 15 is 0 Å². The van der Waals surface area contributed by atoms with Gasteiger partial charge in [0, 0.05) is 4.88 Å². The fraction of sp³-hybridized carbons (Fsp3) is 0.667. The highest BCUT2D eigenvalue weighted by molar-refractivity contribution is 7.10. The zero-order valence-corrected chi connectivity index (χ0v) is 13.7. The molecule has 0 spiro atoms. The van der Waals surface area contributed by atoms with E-state index in [0.717, 1.165) is 4.88 Å². The first-order valence-corrected chi connectivity index (χ1v) is 7.78. The molecule has 20 heavy (non-hydrogen) atoms. The summed E-state index contributed by atoms with van der Waals surface area (Å²) in [5, 5.41) is 15.1. The molecule has 0 fully saturated rings. The van der Waals surface area contributed by atoms with E-state index < -0.39 is 17.8 Å². The molecule has 114 valence electrons. The molecule has 0 bridgehead atoms. The van der Waals surface area contributed by atoms with Gasteiger partial charge in [0.25, 0.3) is 0 Å². The molecule has 1 amide bonds. The van der Waals surface area contributed by atoms with Crippen molar-refractivity contribution in [2.24, 2.45) is 5.92 Å². The van der Waals surface area contributed by atoms with Gasteiger partial charge in [-0.05, 0) is 44.6 Å². The highest BCUT2D eigenvalue weighted by Crippen LogP contribution is 2.25. The molecule has 1 rings (SSSR count). The van der Waals surface area contributed by atoms with Crippen LogP contribution in [0, 0.1) is 5.92 Å². The van der Waals surface area contributed by atoms with Crippen molar-refractivity contribution in [2.45, 2.75) is 58.8 Å². The molecule has 0 radical (unpaired) electrons. The van der Waals surface area contributed by atoms with Gasteiger partial charge in [-0.15, -0.1) is 11.3 Å². The summed E-state index contributed by atoms with van der Waals surface area (Å²) in [7, 11) is 0. The fourth-order valence-electron chi connectivity index (χ4n) is 1.89. The standard InChI is InChI=1S/C15H25NO3S/c1-10(2)9-11(13(17)12-7-6-8-20-12)16-14(18)19-15(3,4)5/h6-8,10-11,13,17H,9H2,1-5H3,(H,16,18)/t11-,13+/m1/s1. The first-order chi connectivity index (χ1) is 9.19. The van der Waals surface area contributed by atoms with Crippen molar-refractivity contribution in [3.05, 3.63) is 22.4 Å². The summed E-state index contributed by atoms with van der Waals surface area (Å²) in [5.41, 5.74) is -0.541. The number of carbonyl (C=O) groups is 1. The van der Waals surface area contributed by atoms with Crippen LogP contribution in [0.5, 0.6) is 0 Å². The molecule has 0 aliphatic carbocycles. The normalized spacial score (nSPS) is 14.9. The zero-order valence-electron chi connectivity index (χ0n) is 12.8. The number of amides is 1. The molecule has 0 aliphatic rings. The topological polar surface area (TPSA) is 58.6 Å². The van der Waals surface area contributed by atoms with Gasteiger partial charge >= 0.3 is 6.09 Å².